The molecule has 2 heterocycles. The molecule has 1 aliphatic carbocycles. The molecule has 3 aromatic rings. The van der Waals surface area contributed by atoms with E-state index in [1.165, 1.54) is 6.20 Å². The number of nitrogens with one attached hydrogen (secondary N) is 1. The molecule has 1 saturated carbocycles. The van der Waals surface area contributed by atoms with Gasteiger partial charge in [-0.25, -0.2) is 15.0 Å². The van der Waals surface area contributed by atoms with Gasteiger partial charge in [0.1, 0.15) is 11.7 Å². The monoisotopic (exact) mass is 459 g/mol. The number of methoxy groups -OCH3 is 1. The van der Waals surface area contributed by atoms with Crippen LogP contribution in [0.3, 0.4) is 0 Å². The van der Waals surface area contributed by atoms with Crippen LogP contribution in [0.4, 0.5) is 11.8 Å². The van der Waals surface area contributed by atoms with E-state index >= 15 is 0 Å². The zero-order valence-electron chi connectivity index (χ0n) is 19.4. The Balaban J connectivity index is 1.54. The van der Waals surface area contributed by atoms with E-state index in [0.717, 1.165) is 29.5 Å². The Labute approximate surface area is 198 Å². The van der Waals surface area contributed by atoms with Gasteiger partial charge in [0.05, 0.1) is 17.6 Å². The highest BCUT2D eigenvalue weighted by Crippen LogP contribution is 2.47. The Morgan fingerprint density at radius 1 is 1.09 bits per heavy atom. The Bertz CT molecular complexity index is 1160. The molecule has 4 rings (SSSR count). The van der Waals surface area contributed by atoms with Crippen LogP contribution in [-0.2, 0) is 10.2 Å². The van der Waals surface area contributed by atoms with Crippen molar-refractivity contribution in [1.82, 2.24) is 15.0 Å². The SMILES string of the molecule is COCCNc1ccc(C(=O)N=C(N)C(C)(c2ccc(-c3cnc(N)nc3)cc2)C2CC2)cn1. The van der Waals surface area contributed by atoms with Crippen molar-refractivity contribution in [3.8, 4) is 11.1 Å². The second kappa shape index (κ2) is 9.96. The van der Waals surface area contributed by atoms with Gasteiger partial charge in [-0.2, -0.15) is 4.99 Å². The third-order valence-electron chi connectivity index (χ3n) is 6.26. The van der Waals surface area contributed by atoms with E-state index in [9.17, 15) is 4.79 Å². The summed E-state index contributed by atoms with van der Waals surface area (Å²) < 4.78 is 5.01. The zero-order valence-corrected chi connectivity index (χ0v) is 19.4. The molecule has 9 heteroatoms. The minimum Gasteiger partial charge on any atom is -0.386 e. The van der Waals surface area contributed by atoms with Crippen LogP contribution in [0.25, 0.3) is 11.1 Å². The normalized spacial score (nSPS) is 15.5. The van der Waals surface area contributed by atoms with Crippen LogP contribution in [0.15, 0.2) is 60.0 Å². The quantitative estimate of drug-likeness (QED) is 0.252. The summed E-state index contributed by atoms with van der Waals surface area (Å²) in [6.07, 6.45) is 6.97. The van der Waals surface area contributed by atoms with Crippen molar-refractivity contribution in [2.75, 3.05) is 31.3 Å². The van der Waals surface area contributed by atoms with Gasteiger partial charge in [-0.05, 0) is 48.9 Å². The molecule has 5 N–H and O–H groups in total. The predicted octanol–water partition coefficient (Wildman–Crippen LogP) is 3.04. The van der Waals surface area contributed by atoms with Crippen molar-refractivity contribution in [3.05, 3.63) is 66.1 Å². The molecule has 1 atom stereocenters. The number of pyridine rings is 1. The van der Waals surface area contributed by atoms with Crippen LogP contribution in [-0.4, -0.2) is 47.0 Å². The number of hydrogen-bond acceptors (Lipinski definition) is 7. The number of ether oxygens (including phenoxy) is 1. The summed E-state index contributed by atoms with van der Waals surface area (Å²) in [5.74, 6) is 1.14. The first kappa shape index (κ1) is 23.3. The molecule has 0 radical (unpaired) electrons. The number of nitrogens with zero attached hydrogens (tertiary/aromatic N) is 4. The molecule has 1 aromatic carbocycles. The molecule has 1 aliphatic rings. The number of nitrogen functional groups attached to an aromatic ring is 1. The Morgan fingerprint density at radius 2 is 1.79 bits per heavy atom. The van der Waals surface area contributed by atoms with Gasteiger partial charge in [-0.3, -0.25) is 4.79 Å². The second-order valence-corrected chi connectivity index (χ2v) is 8.54. The third kappa shape index (κ3) is 5.04. The van der Waals surface area contributed by atoms with Crippen molar-refractivity contribution >= 4 is 23.5 Å². The Morgan fingerprint density at radius 3 is 2.38 bits per heavy atom. The molecule has 0 spiro atoms. The van der Waals surface area contributed by atoms with E-state index in [1.807, 2.05) is 24.3 Å². The largest absolute Gasteiger partial charge is 0.386 e. The van der Waals surface area contributed by atoms with E-state index < -0.39 is 11.3 Å². The first-order chi connectivity index (χ1) is 16.4. The van der Waals surface area contributed by atoms with Crippen LogP contribution in [0.1, 0.15) is 35.7 Å². The van der Waals surface area contributed by atoms with Crippen LogP contribution in [0.2, 0.25) is 0 Å². The van der Waals surface area contributed by atoms with Gasteiger partial charge in [0.15, 0.2) is 0 Å². The van der Waals surface area contributed by atoms with E-state index in [-0.39, 0.29) is 5.95 Å². The van der Waals surface area contributed by atoms with Gasteiger partial charge in [0.2, 0.25) is 5.95 Å². The lowest BCUT2D eigenvalue weighted by atomic mass is 9.76. The average Bonchev–Trinajstić information content (AvgIpc) is 3.71. The maximum Gasteiger partial charge on any atom is 0.280 e. The number of carbonyl (C=O) groups excluding carboxylic acids is 1. The molecule has 9 nitrogen and oxygen atoms in total. The maximum atomic E-state index is 12.8. The molecule has 0 bridgehead atoms. The predicted molar refractivity (Wildman–Crippen MR) is 133 cm³/mol. The van der Waals surface area contributed by atoms with Crippen molar-refractivity contribution in [2.24, 2.45) is 16.6 Å². The molecular weight excluding hydrogens is 430 g/mol. The second-order valence-electron chi connectivity index (χ2n) is 8.54. The summed E-state index contributed by atoms with van der Waals surface area (Å²) in [4.78, 5) is 29.5. The first-order valence-electron chi connectivity index (χ1n) is 11.2. The van der Waals surface area contributed by atoms with Gasteiger partial charge in [-0.1, -0.05) is 24.3 Å². The fourth-order valence-electron chi connectivity index (χ4n) is 3.95. The number of carbonyl (C=O) groups is 1. The summed E-state index contributed by atoms with van der Waals surface area (Å²) in [6, 6.07) is 11.5. The van der Waals surface area contributed by atoms with Gasteiger partial charge in [0.25, 0.3) is 5.91 Å². The van der Waals surface area contributed by atoms with Crippen molar-refractivity contribution < 1.29 is 9.53 Å². The van der Waals surface area contributed by atoms with E-state index in [4.69, 9.17) is 16.2 Å². The smallest absolute Gasteiger partial charge is 0.280 e. The fraction of sp³-hybridized carbons (Fsp3) is 0.320. The third-order valence-corrected chi connectivity index (χ3v) is 6.26. The summed E-state index contributed by atoms with van der Waals surface area (Å²) >= 11 is 0. The molecule has 1 fully saturated rings. The number of hydrogen-bond donors (Lipinski definition) is 3. The molecule has 2 aromatic heterocycles. The number of amidine groups is 1. The van der Waals surface area contributed by atoms with E-state index in [1.54, 1.807) is 31.6 Å². The lowest BCUT2D eigenvalue weighted by molar-refractivity contribution is 0.100. The Hall–Kier alpha value is -3.85. The van der Waals surface area contributed by atoms with Crippen LogP contribution in [0.5, 0.6) is 0 Å². The van der Waals surface area contributed by atoms with Gasteiger partial charge < -0.3 is 21.5 Å². The number of anilines is 2. The topological polar surface area (TPSA) is 141 Å². The van der Waals surface area contributed by atoms with E-state index in [2.05, 4.69) is 32.2 Å². The summed E-state index contributed by atoms with van der Waals surface area (Å²) in [7, 11) is 1.64. The zero-order chi connectivity index (χ0) is 24.1. The molecule has 0 aliphatic heterocycles. The van der Waals surface area contributed by atoms with Crippen molar-refractivity contribution in [2.45, 2.75) is 25.2 Å². The number of nitrogens with two attached hydrogens (primary N) is 2. The minimum absolute atomic E-state index is 0.238. The summed E-state index contributed by atoms with van der Waals surface area (Å²) in [5.41, 5.74) is 14.8. The molecular formula is C25H29N7O2. The van der Waals surface area contributed by atoms with Gasteiger partial charge in [0, 0.05) is 37.8 Å². The maximum absolute atomic E-state index is 12.8. The average molecular weight is 460 g/mol. The van der Waals surface area contributed by atoms with Crippen molar-refractivity contribution in [3.63, 3.8) is 0 Å². The minimum atomic E-state index is -0.541. The van der Waals surface area contributed by atoms with Crippen LogP contribution in [0, 0.1) is 5.92 Å². The highest BCUT2D eigenvalue weighted by Gasteiger charge is 2.46. The molecule has 1 amide bonds. The number of amides is 1. The molecule has 176 valence electrons. The lowest BCUT2D eigenvalue weighted by Crippen LogP contribution is -2.41. The van der Waals surface area contributed by atoms with Crippen LogP contribution < -0.4 is 16.8 Å². The number of aliphatic imine (C=N–C) groups is 1. The highest BCUT2D eigenvalue weighted by molar-refractivity contribution is 6.06. The molecule has 34 heavy (non-hydrogen) atoms. The van der Waals surface area contributed by atoms with Crippen LogP contribution >= 0.6 is 0 Å². The summed E-state index contributed by atoms with van der Waals surface area (Å²) in [5, 5.41) is 3.12. The van der Waals surface area contributed by atoms with Crippen molar-refractivity contribution in [1.29, 1.82) is 0 Å². The lowest BCUT2D eigenvalue weighted by Gasteiger charge is -2.30. The number of aromatic nitrogens is 3. The molecule has 1 unspecified atom stereocenters. The van der Waals surface area contributed by atoms with Gasteiger partial charge >= 0.3 is 0 Å². The number of benzene rings is 1. The first-order valence-corrected chi connectivity index (χ1v) is 11.2. The Kier molecular flexibility index (Phi) is 6.83. The van der Waals surface area contributed by atoms with E-state index in [0.29, 0.717) is 36.3 Å². The number of rotatable bonds is 9. The standard InChI is InChI=1S/C25H29N7O2/c1-25(20-8-9-20,19-6-3-16(4-7-19)18-14-30-24(27)31-15-18)23(26)32-22(33)17-5-10-21(29-13-17)28-11-12-34-2/h3-7,10,13-15,20H,8-9,11-12H2,1-2H3,(H,28,29)(H2,26,32,33)(H2,27,30,31). The fourth-order valence-corrected chi connectivity index (χ4v) is 3.95. The highest BCUT2D eigenvalue weighted by atomic mass is 16.5. The van der Waals surface area contributed by atoms with Gasteiger partial charge in [-0.15, -0.1) is 0 Å². The summed E-state index contributed by atoms with van der Waals surface area (Å²) in [6.45, 7) is 3.25. The molecule has 0 saturated heterocycles.